The number of nitrogens with two attached hydrogens (primary N) is 1. The monoisotopic (exact) mass is 658 g/mol. The van der Waals surface area contributed by atoms with Gasteiger partial charge in [-0.1, -0.05) is 38.9 Å². The van der Waals surface area contributed by atoms with Gasteiger partial charge < -0.3 is 34.8 Å². The minimum absolute atomic E-state index is 0.220. The molecule has 3 heterocycles. The molecule has 2 fully saturated rings. The van der Waals surface area contributed by atoms with Gasteiger partial charge in [-0.15, -0.1) is 0 Å². The van der Waals surface area contributed by atoms with Gasteiger partial charge in [0.05, 0.1) is 6.61 Å². The first-order chi connectivity index (χ1) is 22.1. The number of amides is 3. The number of nitrogens with zero attached hydrogens (tertiary/aromatic N) is 4. The number of hydrogen-bond donors (Lipinski definition) is 2. The van der Waals surface area contributed by atoms with Crippen LogP contribution in [0.25, 0.3) is 0 Å². The summed E-state index contributed by atoms with van der Waals surface area (Å²) in [4.78, 5) is 46.5. The number of carbonyl (C=O) groups is 3. The number of carbonyl (C=O) groups excluding carboxylic acids is 3. The maximum Gasteiger partial charge on any atom is 0.408 e. The highest BCUT2D eigenvalue weighted by atomic mass is 19.1. The van der Waals surface area contributed by atoms with Crippen molar-refractivity contribution in [3.8, 4) is 5.75 Å². The number of hydrogen-bond acceptors (Lipinski definition) is 9. The molecule has 12 nitrogen and oxygen atoms in total. The second-order valence-electron chi connectivity index (χ2n) is 14.2. The summed E-state index contributed by atoms with van der Waals surface area (Å²) >= 11 is 0. The van der Waals surface area contributed by atoms with Crippen LogP contribution in [0.4, 0.5) is 15.2 Å². The van der Waals surface area contributed by atoms with Gasteiger partial charge in [-0.3, -0.25) is 9.59 Å². The lowest BCUT2D eigenvalue weighted by Crippen LogP contribution is -2.55. The summed E-state index contributed by atoms with van der Waals surface area (Å²) in [5.41, 5.74) is 4.96. The zero-order valence-corrected chi connectivity index (χ0v) is 28.8. The molecule has 0 saturated carbocycles. The van der Waals surface area contributed by atoms with E-state index in [1.807, 2.05) is 13.8 Å². The number of piperidine rings is 1. The quantitative estimate of drug-likeness (QED) is 0.316. The van der Waals surface area contributed by atoms with Crippen LogP contribution in [0.3, 0.4) is 0 Å². The molecule has 0 radical (unpaired) electrons. The number of anilines is 1. The number of primary amides is 1. The van der Waals surface area contributed by atoms with Crippen molar-refractivity contribution in [2.75, 3.05) is 31.1 Å². The Balaban J connectivity index is 1.34. The lowest BCUT2D eigenvalue weighted by molar-refractivity contribution is -0.139. The van der Waals surface area contributed by atoms with Gasteiger partial charge in [0.2, 0.25) is 11.8 Å². The van der Waals surface area contributed by atoms with E-state index in [9.17, 15) is 14.4 Å². The molecule has 1 aromatic heterocycles. The summed E-state index contributed by atoms with van der Waals surface area (Å²) < 4.78 is 32.4. The summed E-state index contributed by atoms with van der Waals surface area (Å²) in [7, 11) is 0. The molecule has 13 heteroatoms. The van der Waals surface area contributed by atoms with Gasteiger partial charge in [0, 0.05) is 37.5 Å². The minimum Gasteiger partial charge on any atom is -0.493 e. The van der Waals surface area contributed by atoms with Crippen LogP contribution in [-0.2, 0) is 14.3 Å². The average molecular weight is 659 g/mol. The average Bonchev–Trinajstić information content (AvgIpc) is 3.70. The first kappa shape index (κ1) is 35.9. The fourth-order valence-corrected chi connectivity index (χ4v) is 6.33. The van der Waals surface area contributed by atoms with E-state index in [4.69, 9.17) is 19.7 Å². The number of rotatable bonds is 12. The first-order valence-corrected chi connectivity index (χ1v) is 16.7. The van der Waals surface area contributed by atoms with Crippen LogP contribution in [0.2, 0.25) is 0 Å². The second-order valence-corrected chi connectivity index (χ2v) is 14.2. The summed E-state index contributed by atoms with van der Waals surface area (Å²) in [6, 6.07) is 3.17. The number of aromatic nitrogens is 2. The third-order valence-electron chi connectivity index (χ3n) is 9.17. The van der Waals surface area contributed by atoms with Gasteiger partial charge in [0.15, 0.2) is 5.82 Å². The van der Waals surface area contributed by atoms with Crippen LogP contribution in [0.5, 0.6) is 5.75 Å². The molecule has 1 aromatic carbocycles. The first-order valence-electron chi connectivity index (χ1n) is 16.7. The molecule has 2 aliphatic rings. The highest BCUT2D eigenvalue weighted by molar-refractivity contribution is 5.92. The van der Waals surface area contributed by atoms with Crippen LogP contribution in [0.15, 0.2) is 22.7 Å². The van der Waals surface area contributed by atoms with Crippen molar-refractivity contribution in [1.82, 2.24) is 20.4 Å². The van der Waals surface area contributed by atoms with E-state index in [1.54, 1.807) is 39.8 Å². The highest BCUT2D eigenvalue weighted by Crippen LogP contribution is 2.31. The van der Waals surface area contributed by atoms with Gasteiger partial charge in [-0.25, -0.2) is 9.18 Å². The predicted octanol–water partition coefficient (Wildman–Crippen LogP) is 5.13. The summed E-state index contributed by atoms with van der Waals surface area (Å²) in [5.74, 6) is -0.209. The number of likely N-dealkylation sites (tertiary alicyclic amines) is 1. The Morgan fingerprint density at radius 1 is 1.11 bits per heavy atom. The number of alkyl carbamates (subject to hydrolysis) is 1. The molecule has 3 N–H and O–H groups in total. The number of benzene rings is 1. The lowest BCUT2D eigenvalue weighted by Gasteiger charge is -2.33. The Morgan fingerprint density at radius 2 is 1.81 bits per heavy atom. The number of nitrogens with one attached hydrogen (secondary N) is 1. The van der Waals surface area contributed by atoms with Crippen molar-refractivity contribution in [2.24, 2.45) is 17.6 Å². The SMILES string of the molecule is CC(C)c1noc(N2CCC([C@H](C)CCOc3ccc([C@@H](C)[C@H](NC(=O)OC(C)(C)C)C(=O)N4CCC[C@H]4C(N)=O)c(F)c3)CC2)n1. The van der Waals surface area contributed by atoms with E-state index in [2.05, 4.69) is 27.3 Å². The molecule has 47 heavy (non-hydrogen) atoms. The van der Waals surface area contributed by atoms with Crippen LogP contribution in [0.1, 0.15) is 104 Å². The van der Waals surface area contributed by atoms with Gasteiger partial charge in [-0.05, 0) is 76.3 Å². The Labute approximate surface area is 276 Å². The normalized spacial score (nSPS) is 19.4. The molecule has 2 saturated heterocycles. The van der Waals surface area contributed by atoms with Crippen molar-refractivity contribution >= 4 is 23.9 Å². The molecule has 4 rings (SSSR count). The zero-order chi connectivity index (χ0) is 34.5. The van der Waals surface area contributed by atoms with E-state index < -0.39 is 47.3 Å². The standard InChI is InChI=1S/C34H51FN6O6/c1-20(2)30-38-32(47-39-30)40-16-12-23(13-17-40)21(3)14-18-45-24-10-11-25(26(35)19-24)22(4)28(37-33(44)46-34(5,6)7)31(43)41-15-8-9-27(41)29(36)42/h10-11,19-23,27-28H,8-9,12-18H2,1-7H3,(H2,36,42)(H,37,44)/t21-,22-,27+,28+/m1/s1. The van der Waals surface area contributed by atoms with Crippen molar-refractivity contribution in [2.45, 2.75) is 110 Å². The molecule has 3 amide bonds. The topological polar surface area (TPSA) is 153 Å². The van der Waals surface area contributed by atoms with E-state index in [1.165, 1.54) is 11.0 Å². The molecule has 0 spiro atoms. The van der Waals surface area contributed by atoms with Crippen molar-refractivity contribution < 1.29 is 32.8 Å². The Bertz CT molecular complexity index is 1390. The lowest BCUT2D eigenvalue weighted by atomic mass is 9.84. The largest absolute Gasteiger partial charge is 0.493 e. The maximum atomic E-state index is 15.6. The van der Waals surface area contributed by atoms with E-state index >= 15 is 4.39 Å². The van der Waals surface area contributed by atoms with Gasteiger partial charge in [0.25, 0.3) is 0 Å². The molecule has 2 aromatic rings. The van der Waals surface area contributed by atoms with Gasteiger partial charge >= 0.3 is 12.1 Å². The molecule has 0 aliphatic carbocycles. The van der Waals surface area contributed by atoms with Crippen LogP contribution in [0, 0.1) is 17.7 Å². The number of ether oxygens (including phenoxy) is 2. The molecule has 4 atom stereocenters. The van der Waals surface area contributed by atoms with Crippen LogP contribution < -0.4 is 20.7 Å². The zero-order valence-electron chi connectivity index (χ0n) is 28.8. The third kappa shape index (κ3) is 9.35. The van der Waals surface area contributed by atoms with E-state index in [0.717, 1.165) is 38.2 Å². The fraction of sp³-hybridized carbons (Fsp3) is 0.676. The predicted molar refractivity (Wildman–Crippen MR) is 175 cm³/mol. The number of halogens is 1. The van der Waals surface area contributed by atoms with Gasteiger partial charge in [-0.2, -0.15) is 4.98 Å². The fourth-order valence-electron chi connectivity index (χ4n) is 6.33. The Morgan fingerprint density at radius 3 is 2.40 bits per heavy atom. The Kier molecular flexibility index (Phi) is 11.7. The molecular formula is C34H51FN6O6. The van der Waals surface area contributed by atoms with Gasteiger partial charge in [0.1, 0.15) is 29.3 Å². The summed E-state index contributed by atoms with van der Waals surface area (Å²) in [6.07, 6.45) is 3.06. The van der Waals surface area contributed by atoms with Crippen LogP contribution in [-0.4, -0.2) is 76.9 Å². The molecular weight excluding hydrogens is 607 g/mol. The molecule has 0 unspecified atom stereocenters. The van der Waals surface area contributed by atoms with E-state index in [0.29, 0.717) is 49.6 Å². The van der Waals surface area contributed by atoms with Crippen LogP contribution >= 0.6 is 0 Å². The second kappa shape index (κ2) is 15.3. The molecule has 0 bridgehead atoms. The van der Waals surface area contributed by atoms with Crippen molar-refractivity contribution in [3.05, 3.63) is 35.4 Å². The smallest absolute Gasteiger partial charge is 0.408 e. The molecule has 260 valence electrons. The highest BCUT2D eigenvalue weighted by Gasteiger charge is 2.40. The third-order valence-corrected chi connectivity index (χ3v) is 9.17. The van der Waals surface area contributed by atoms with E-state index in [-0.39, 0.29) is 11.5 Å². The van der Waals surface area contributed by atoms with Crippen molar-refractivity contribution in [3.63, 3.8) is 0 Å². The minimum atomic E-state index is -1.18. The summed E-state index contributed by atoms with van der Waals surface area (Å²) in [6.45, 7) is 15.5. The molecule has 2 aliphatic heterocycles. The Hall–Kier alpha value is -3.90. The maximum absolute atomic E-state index is 15.6. The summed E-state index contributed by atoms with van der Waals surface area (Å²) in [5, 5.41) is 6.70. The van der Waals surface area contributed by atoms with Crippen molar-refractivity contribution in [1.29, 1.82) is 0 Å².